The Morgan fingerprint density at radius 1 is 1.21 bits per heavy atom. The van der Waals surface area contributed by atoms with Crippen LogP contribution >= 0.6 is 0 Å². The number of hydrogen-bond acceptors (Lipinski definition) is 4. The first-order chi connectivity index (χ1) is 8.38. The van der Waals surface area contributed by atoms with Crippen LogP contribution in [0.5, 0.6) is 0 Å². The van der Waals surface area contributed by atoms with Gasteiger partial charge in [0.1, 0.15) is 10.1 Å². The normalized spacial score (nSPS) is 10.8. The Bertz CT molecular complexity index is 728. The summed E-state index contributed by atoms with van der Waals surface area (Å²) in [7, 11) is -4.50. The number of fused-ring (bicyclic) bond motifs is 1. The molecule has 0 spiro atoms. The molecule has 0 atom stereocenters. The molecule has 0 radical (unpaired) electrons. The Morgan fingerprint density at radius 2 is 1.89 bits per heavy atom. The summed E-state index contributed by atoms with van der Waals surface area (Å²) in [6.07, 6.45) is 0. The van der Waals surface area contributed by atoms with Gasteiger partial charge in [0.25, 0.3) is 0 Å². The number of anilines is 1. The van der Waals surface area contributed by atoms with Crippen molar-refractivity contribution < 1.29 is 47.3 Å². The van der Waals surface area contributed by atoms with Crippen LogP contribution in [-0.4, -0.2) is 18.9 Å². The number of rotatable bonds is 2. The molecule has 7 heteroatoms. The molecule has 0 bridgehead atoms. The van der Waals surface area contributed by atoms with Crippen LogP contribution in [0.15, 0.2) is 41.3 Å². The summed E-state index contributed by atoms with van der Waals surface area (Å²) >= 11 is 0. The molecule has 0 heterocycles. The summed E-state index contributed by atoms with van der Waals surface area (Å²) in [5.74, 6) is -0.266. The fraction of sp³-hybridized carbons (Fsp3) is 0.0833. The average molecular weight is 287 g/mol. The van der Waals surface area contributed by atoms with Crippen molar-refractivity contribution in [3.05, 3.63) is 36.4 Å². The molecule has 94 valence electrons. The molecule has 0 aliphatic rings. The van der Waals surface area contributed by atoms with E-state index >= 15 is 0 Å². The van der Waals surface area contributed by atoms with Crippen molar-refractivity contribution in [3.8, 4) is 0 Å². The van der Waals surface area contributed by atoms with E-state index in [0.717, 1.165) is 5.39 Å². The molecule has 19 heavy (non-hydrogen) atoms. The van der Waals surface area contributed by atoms with Crippen molar-refractivity contribution >= 4 is 32.5 Å². The van der Waals surface area contributed by atoms with E-state index < -0.39 is 10.1 Å². The number of carbonyl (C=O) groups is 1. The molecule has 0 aliphatic carbocycles. The fourth-order valence-electron chi connectivity index (χ4n) is 1.71. The molecular weight excluding hydrogens is 277 g/mol. The van der Waals surface area contributed by atoms with Crippen molar-refractivity contribution in [2.45, 2.75) is 11.8 Å². The quantitative estimate of drug-likeness (QED) is 0.550. The number of hydrogen-bond donors (Lipinski definition) is 1. The van der Waals surface area contributed by atoms with E-state index in [1.54, 1.807) is 18.2 Å². The molecule has 0 saturated carbocycles. The molecule has 0 unspecified atom stereocenters. The molecule has 2 aromatic carbocycles. The third-order valence-corrected chi connectivity index (χ3v) is 3.28. The van der Waals surface area contributed by atoms with E-state index in [4.69, 9.17) is 0 Å². The van der Waals surface area contributed by atoms with Gasteiger partial charge in [-0.05, 0) is 23.6 Å². The summed E-state index contributed by atoms with van der Waals surface area (Å²) in [5.41, 5.74) is 0.477. The van der Waals surface area contributed by atoms with E-state index in [2.05, 4.69) is 5.32 Å². The largest absolute Gasteiger partial charge is 1.00 e. The first-order valence-corrected chi connectivity index (χ1v) is 6.55. The molecule has 1 amide bonds. The smallest absolute Gasteiger partial charge is 0.744 e. The summed E-state index contributed by atoms with van der Waals surface area (Å²) in [6.45, 7) is 1.35. The maximum absolute atomic E-state index is 11.0. The van der Waals surface area contributed by atoms with Gasteiger partial charge in [-0.1, -0.05) is 18.2 Å². The van der Waals surface area contributed by atoms with E-state index in [9.17, 15) is 17.8 Å². The number of carbonyl (C=O) groups excluding carboxylic acids is 1. The van der Waals surface area contributed by atoms with Gasteiger partial charge >= 0.3 is 29.6 Å². The van der Waals surface area contributed by atoms with Crippen LogP contribution in [0.4, 0.5) is 5.69 Å². The van der Waals surface area contributed by atoms with Gasteiger partial charge in [0, 0.05) is 18.0 Å². The molecule has 0 saturated heterocycles. The maximum Gasteiger partial charge on any atom is 1.00 e. The molecular formula is C12H10NNaO4S. The van der Waals surface area contributed by atoms with E-state index in [0.29, 0.717) is 11.1 Å². The second-order valence-corrected chi connectivity index (χ2v) is 5.20. The Kier molecular flexibility index (Phi) is 5.11. The van der Waals surface area contributed by atoms with Crippen molar-refractivity contribution in [2.24, 2.45) is 0 Å². The Hall–Kier alpha value is -0.920. The predicted octanol–water partition coefficient (Wildman–Crippen LogP) is -1.29. The number of nitrogens with one attached hydrogen (secondary N) is 1. The number of amides is 1. The summed E-state index contributed by atoms with van der Waals surface area (Å²) in [4.78, 5) is 10.7. The Morgan fingerprint density at radius 3 is 2.47 bits per heavy atom. The molecule has 1 N–H and O–H groups in total. The van der Waals surface area contributed by atoms with Gasteiger partial charge in [-0.15, -0.1) is 0 Å². The minimum absolute atomic E-state index is 0. The second kappa shape index (κ2) is 6.02. The molecule has 2 rings (SSSR count). The predicted molar refractivity (Wildman–Crippen MR) is 66.2 cm³/mol. The molecule has 0 aromatic heterocycles. The van der Waals surface area contributed by atoms with E-state index in [1.807, 2.05) is 0 Å². The van der Waals surface area contributed by atoms with Crippen LogP contribution < -0.4 is 34.9 Å². The van der Waals surface area contributed by atoms with Crippen molar-refractivity contribution in [2.75, 3.05) is 5.32 Å². The first-order valence-electron chi connectivity index (χ1n) is 5.14. The Balaban J connectivity index is 0.00000180. The topological polar surface area (TPSA) is 86.3 Å². The van der Waals surface area contributed by atoms with Gasteiger partial charge in [0.05, 0.1) is 4.90 Å². The zero-order chi connectivity index (χ0) is 13.3. The minimum Gasteiger partial charge on any atom is -0.744 e. The van der Waals surface area contributed by atoms with Crippen LogP contribution in [-0.2, 0) is 14.9 Å². The molecule has 2 aromatic rings. The van der Waals surface area contributed by atoms with E-state index in [-0.39, 0.29) is 40.4 Å². The van der Waals surface area contributed by atoms with Gasteiger partial charge in [0.2, 0.25) is 5.91 Å². The monoisotopic (exact) mass is 287 g/mol. The zero-order valence-electron chi connectivity index (χ0n) is 10.5. The summed E-state index contributed by atoms with van der Waals surface area (Å²) in [6, 6.07) is 9.20. The molecule has 0 fully saturated rings. The summed E-state index contributed by atoms with van der Waals surface area (Å²) in [5, 5.41) is 3.85. The van der Waals surface area contributed by atoms with Crippen LogP contribution in [0, 0.1) is 0 Å². The van der Waals surface area contributed by atoms with Gasteiger partial charge in [-0.3, -0.25) is 4.79 Å². The minimum atomic E-state index is -4.50. The van der Waals surface area contributed by atoms with E-state index in [1.165, 1.54) is 25.1 Å². The maximum atomic E-state index is 11.0. The van der Waals surface area contributed by atoms with Crippen LogP contribution in [0.1, 0.15) is 6.92 Å². The first kappa shape index (κ1) is 16.1. The van der Waals surface area contributed by atoms with Crippen molar-refractivity contribution in [1.82, 2.24) is 0 Å². The van der Waals surface area contributed by atoms with Crippen LogP contribution in [0.3, 0.4) is 0 Å². The van der Waals surface area contributed by atoms with Crippen molar-refractivity contribution in [3.63, 3.8) is 0 Å². The third kappa shape index (κ3) is 3.77. The van der Waals surface area contributed by atoms with Gasteiger partial charge in [-0.25, -0.2) is 8.42 Å². The second-order valence-electron chi connectivity index (χ2n) is 3.82. The van der Waals surface area contributed by atoms with Crippen molar-refractivity contribution in [1.29, 1.82) is 0 Å². The zero-order valence-corrected chi connectivity index (χ0v) is 13.3. The van der Waals surface area contributed by atoms with Crippen LogP contribution in [0.2, 0.25) is 0 Å². The standard InChI is InChI=1S/C12H11NO4S.Na/c1-8(14)13-12-4-2-3-9-5-6-10(7-11(9)12)18(15,16)17;/h2-7H,1H3,(H,13,14)(H,15,16,17);/q;+1/p-1. The van der Waals surface area contributed by atoms with Gasteiger partial charge < -0.3 is 9.87 Å². The summed E-state index contributed by atoms with van der Waals surface area (Å²) < 4.78 is 32.9. The van der Waals surface area contributed by atoms with Gasteiger partial charge in [0.15, 0.2) is 0 Å². The third-order valence-electron chi connectivity index (χ3n) is 2.45. The Labute approximate surface area is 133 Å². The van der Waals surface area contributed by atoms with Gasteiger partial charge in [-0.2, -0.15) is 0 Å². The molecule has 5 nitrogen and oxygen atoms in total. The SMILES string of the molecule is CC(=O)Nc1cccc2ccc(S(=O)(=O)[O-])cc12.[Na+]. The average Bonchev–Trinajstić information content (AvgIpc) is 2.27. The fourth-order valence-corrected chi connectivity index (χ4v) is 2.20. The number of benzene rings is 2. The van der Waals surface area contributed by atoms with Crippen LogP contribution in [0.25, 0.3) is 10.8 Å². The molecule has 0 aliphatic heterocycles.